The van der Waals surface area contributed by atoms with Gasteiger partial charge in [0.05, 0.1) is 6.54 Å². The van der Waals surface area contributed by atoms with Crippen LogP contribution in [0.3, 0.4) is 0 Å². The van der Waals surface area contributed by atoms with Gasteiger partial charge >= 0.3 is 0 Å². The molecule has 0 aliphatic carbocycles. The summed E-state index contributed by atoms with van der Waals surface area (Å²) < 4.78 is 0. The van der Waals surface area contributed by atoms with E-state index in [4.69, 9.17) is 0 Å². The Morgan fingerprint density at radius 1 is 1.21 bits per heavy atom. The molecule has 0 unspecified atom stereocenters. The second kappa shape index (κ2) is 10.7. The summed E-state index contributed by atoms with van der Waals surface area (Å²) in [5.74, 6) is 0.907. The zero-order valence-corrected chi connectivity index (χ0v) is 16.0. The number of hydrogen-bond acceptors (Lipinski definition) is 2. The van der Waals surface area contributed by atoms with Gasteiger partial charge in [0, 0.05) is 24.7 Å². The van der Waals surface area contributed by atoms with Gasteiger partial charge in [0.25, 0.3) is 0 Å². The molecule has 0 spiro atoms. The van der Waals surface area contributed by atoms with Gasteiger partial charge in [0.15, 0.2) is 5.96 Å². The van der Waals surface area contributed by atoms with Crippen molar-refractivity contribution in [3.8, 4) is 0 Å². The van der Waals surface area contributed by atoms with Crippen LogP contribution in [0, 0.1) is 0 Å². The highest BCUT2D eigenvalue weighted by Gasteiger charge is 2.11. The number of rotatable bonds is 6. The molecule has 4 nitrogen and oxygen atoms in total. The van der Waals surface area contributed by atoms with E-state index in [-0.39, 0.29) is 29.5 Å². The van der Waals surface area contributed by atoms with Crippen molar-refractivity contribution >= 4 is 29.9 Å². The molecule has 0 fully saturated rings. The quantitative estimate of drug-likeness (QED) is 0.420. The van der Waals surface area contributed by atoms with Crippen LogP contribution < -0.4 is 10.6 Å². The Hall–Kier alpha value is -0.0400. The normalized spacial score (nSPS) is 12.6. The van der Waals surface area contributed by atoms with Crippen molar-refractivity contribution in [2.24, 2.45) is 4.99 Å². The third-order valence-electron chi connectivity index (χ3n) is 2.63. The molecule has 0 aromatic rings. The van der Waals surface area contributed by atoms with Crippen LogP contribution in [-0.4, -0.2) is 48.6 Å². The first-order valence-corrected chi connectivity index (χ1v) is 7.10. The fourth-order valence-corrected chi connectivity index (χ4v) is 1.73. The monoisotopic (exact) mass is 384 g/mol. The van der Waals surface area contributed by atoms with E-state index in [1.165, 1.54) is 0 Å². The molecule has 0 bridgehead atoms. The molecule has 0 heterocycles. The molecule has 19 heavy (non-hydrogen) atoms. The average Bonchev–Trinajstić information content (AvgIpc) is 2.21. The zero-order chi connectivity index (χ0) is 14.2. The third-order valence-corrected chi connectivity index (χ3v) is 2.63. The molecule has 0 atom stereocenters. The molecule has 0 radical (unpaired) electrons. The first-order chi connectivity index (χ1) is 8.30. The van der Waals surface area contributed by atoms with Gasteiger partial charge in [-0.3, -0.25) is 9.89 Å². The van der Waals surface area contributed by atoms with Crippen LogP contribution in [0.15, 0.2) is 4.99 Å². The average molecular weight is 384 g/mol. The van der Waals surface area contributed by atoms with Crippen LogP contribution in [0.1, 0.15) is 48.5 Å². The van der Waals surface area contributed by atoms with Crippen LogP contribution >= 0.6 is 24.0 Å². The Kier molecular flexibility index (Phi) is 12.0. The van der Waals surface area contributed by atoms with Crippen molar-refractivity contribution in [3.05, 3.63) is 0 Å². The lowest BCUT2D eigenvalue weighted by molar-refractivity contribution is 0.240. The van der Waals surface area contributed by atoms with Gasteiger partial charge in [-0.05, 0) is 48.1 Å². The first kappa shape index (κ1) is 21.3. The summed E-state index contributed by atoms with van der Waals surface area (Å²) in [4.78, 5) is 7.04. The number of hydrogen-bond donors (Lipinski definition) is 2. The number of guanidine groups is 1. The summed E-state index contributed by atoms with van der Waals surface area (Å²) >= 11 is 0. The fourth-order valence-electron chi connectivity index (χ4n) is 1.73. The highest BCUT2D eigenvalue weighted by Crippen LogP contribution is 1.99. The summed E-state index contributed by atoms with van der Waals surface area (Å²) in [7, 11) is 0. The highest BCUT2D eigenvalue weighted by atomic mass is 127. The van der Waals surface area contributed by atoms with Crippen LogP contribution in [0.5, 0.6) is 0 Å². The Balaban J connectivity index is 0. The minimum absolute atomic E-state index is 0. The number of aliphatic imine (C=N–C) groups is 1. The van der Waals surface area contributed by atoms with E-state index in [0.29, 0.717) is 6.04 Å². The van der Waals surface area contributed by atoms with Crippen LogP contribution in [0.4, 0.5) is 0 Å². The lowest BCUT2D eigenvalue weighted by atomic mass is 10.1. The van der Waals surface area contributed by atoms with E-state index >= 15 is 0 Å². The number of likely N-dealkylation sites (N-methyl/N-ethyl adjacent to an activating group) is 1. The maximum Gasteiger partial charge on any atom is 0.191 e. The van der Waals surface area contributed by atoms with Crippen molar-refractivity contribution in [1.29, 1.82) is 0 Å². The van der Waals surface area contributed by atoms with E-state index in [0.717, 1.165) is 32.1 Å². The van der Waals surface area contributed by atoms with Gasteiger partial charge in [-0.2, -0.15) is 0 Å². The maximum atomic E-state index is 4.62. The Bertz CT molecular complexity index is 246. The predicted molar refractivity (Wildman–Crippen MR) is 96.7 cm³/mol. The molecule has 0 amide bonds. The van der Waals surface area contributed by atoms with Gasteiger partial charge in [0.2, 0.25) is 0 Å². The zero-order valence-electron chi connectivity index (χ0n) is 13.7. The summed E-state index contributed by atoms with van der Waals surface area (Å²) in [6.45, 7) is 19.0. The lowest BCUT2D eigenvalue weighted by Crippen LogP contribution is -2.48. The molecule has 5 heteroatoms. The summed E-state index contributed by atoms with van der Waals surface area (Å²) in [6.07, 6.45) is 0. The van der Waals surface area contributed by atoms with Crippen molar-refractivity contribution in [1.82, 2.24) is 15.5 Å². The SMILES string of the molecule is CCNC(=NCCN(CC)C(C)C)NC(C)(C)C.I. The van der Waals surface area contributed by atoms with Crippen LogP contribution in [-0.2, 0) is 0 Å². The van der Waals surface area contributed by atoms with E-state index in [9.17, 15) is 0 Å². The molecule has 0 aromatic heterocycles. The van der Waals surface area contributed by atoms with Gasteiger partial charge in [0.1, 0.15) is 0 Å². The fraction of sp³-hybridized carbons (Fsp3) is 0.929. The van der Waals surface area contributed by atoms with Crippen molar-refractivity contribution < 1.29 is 0 Å². The van der Waals surface area contributed by atoms with E-state index < -0.39 is 0 Å². The van der Waals surface area contributed by atoms with Crippen LogP contribution in [0.25, 0.3) is 0 Å². The van der Waals surface area contributed by atoms with Gasteiger partial charge < -0.3 is 10.6 Å². The third kappa shape index (κ3) is 11.5. The topological polar surface area (TPSA) is 39.7 Å². The minimum atomic E-state index is 0. The van der Waals surface area contributed by atoms with E-state index in [2.05, 4.69) is 69.0 Å². The molecule has 2 N–H and O–H groups in total. The molecule has 0 rings (SSSR count). The molecule has 0 aliphatic heterocycles. The van der Waals surface area contributed by atoms with Gasteiger partial charge in [-0.1, -0.05) is 6.92 Å². The number of halogens is 1. The second-order valence-electron chi connectivity index (χ2n) is 5.86. The predicted octanol–water partition coefficient (Wildman–Crippen LogP) is 2.69. The van der Waals surface area contributed by atoms with Crippen molar-refractivity contribution in [2.45, 2.75) is 60.0 Å². The standard InChI is InChI=1S/C14H32N4.HI/c1-8-15-13(17-14(5,6)7)16-10-11-18(9-2)12(3)4;/h12H,8-11H2,1-7H3,(H2,15,16,17);1H. The summed E-state index contributed by atoms with van der Waals surface area (Å²) in [5, 5.41) is 6.68. The van der Waals surface area contributed by atoms with E-state index in [1.807, 2.05) is 0 Å². The number of nitrogens with zero attached hydrogens (tertiary/aromatic N) is 2. The first-order valence-electron chi connectivity index (χ1n) is 7.10. The second-order valence-corrected chi connectivity index (χ2v) is 5.86. The van der Waals surface area contributed by atoms with E-state index in [1.54, 1.807) is 0 Å². The van der Waals surface area contributed by atoms with Crippen LogP contribution in [0.2, 0.25) is 0 Å². The Morgan fingerprint density at radius 3 is 2.16 bits per heavy atom. The van der Waals surface area contributed by atoms with Gasteiger partial charge in [-0.15, -0.1) is 24.0 Å². The molecule has 0 saturated heterocycles. The highest BCUT2D eigenvalue weighted by molar-refractivity contribution is 14.0. The van der Waals surface area contributed by atoms with Crippen molar-refractivity contribution in [3.63, 3.8) is 0 Å². The maximum absolute atomic E-state index is 4.62. The molecular weight excluding hydrogens is 351 g/mol. The lowest BCUT2D eigenvalue weighted by Gasteiger charge is -2.25. The Morgan fingerprint density at radius 2 is 1.79 bits per heavy atom. The molecule has 0 aromatic carbocycles. The Labute approximate surface area is 136 Å². The molecule has 0 saturated carbocycles. The molecular formula is C14H33IN4. The number of nitrogens with one attached hydrogen (secondary N) is 2. The van der Waals surface area contributed by atoms with Gasteiger partial charge in [-0.25, -0.2) is 0 Å². The summed E-state index contributed by atoms with van der Waals surface area (Å²) in [5.41, 5.74) is 0.0451. The minimum Gasteiger partial charge on any atom is -0.357 e. The molecule has 0 aliphatic rings. The smallest absolute Gasteiger partial charge is 0.191 e. The summed E-state index contributed by atoms with van der Waals surface area (Å²) in [6, 6.07) is 0.586. The largest absolute Gasteiger partial charge is 0.357 e. The molecule has 116 valence electrons. The van der Waals surface area contributed by atoms with Crippen molar-refractivity contribution in [2.75, 3.05) is 26.2 Å².